The van der Waals surface area contributed by atoms with E-state index in [9.17, 15) is 0 Å². The molecular formula is C17H22N2. The SMILES string of the molecule is Cc1ccc(Nc2ccc(C(C)(C)C)cc2)c(N)c1. The zero-order chi connectivity index (χ0) is 14.0. The predicted molar refractivity (Wildman–Crippen MR) is 84.0 cm³/mol. The summed E-state index contributed by atoms with van der Waals surface area (Å²) in [6.45, 7) is 8.69. The third kappa shape index (κ3) is 3.28. The molecule has 0 saturated carbocycles. The van der Waals surface area contributed by atoms with Gasteiger partial charge in [0.2, 0.25) is 0 Å². The summed E-state index contributed by atoms with van der Waals surface area (Å²) in [5.74, 6) is 0. The van der Waals surface area contributed by atoms with Crippen LogP contribution in [-0.2, 0) is 5.41 Å². The number of anilines is 3. The van der Waals surface area contributed by atoms with Gasteiger partial charge in [0.05, 0.1) is 11.4 Å². The standard InChI is InChI=1S/C17H22N2/c1-12-5-10-16(15(18)11-12)19-14-8-6-13(7-9-14)17(2,3)4/h5-11,19H,18H2,1-4H3. The van der Waals surface area contributed by atoms with Crippen LogP contribution in [0.15, 0.2) is 42.5 Å². The number of hydrogen-bond acceptors (Lipinski definition) is 2. The molecule has 0 aliphatic carbocycles. The minimum Gasteiger partial charge on any atom is -0.397 e. The first-order chi connectivity index (χ1) is 8.86. The number of nitrogens with two attached hydrogens (primary N) is 1. The number of hydrogen-bond donors (Lipinski definition) is 2. The monoisotopic (exact) mass is 254 g/mol. The van der Waals surface area contributed by atoms with Crippen LogP contribution >= 0.6 is 0 Å². The number of aryl methyl sites for hydroxylation is 1. The molecule has 0 heterocycles. The normalized spacial score (nSPS) is 11.4. The molecule has 0 spiro atoms. The Hall–Kier alpha value is -1.96. The fourth-order valence-electron chi connectivity index (χ4n) is 2.01. The third-order valence-electron chi connectivity index (χ3n) is 3.24. The van der Waals surface area contributed by atoms with Crippen LogP contribution in [0.1, 0.15) is 31.9 Å². The van der Waals surface area contributed by atoms with Gasteiger partial charge in [-0.3, -0.25) is 0 Å². The summed E-state index contributed by atoms with van der Waals surface area (Å²) >= 11 is 0. The number of benzene rings is 2. The zero-order valence-electron chi connectivity index (χ0n) is 12.1. The van der Waals surface area contributed by atoms with Gasteiger partial charge in [0.25, 0.3) is 0 Å². The minimum absolute atomic E-state index is 0.182. The van der Waals surface area contributed by atoms with Crippen molar-refractivity contribution in [3.8, 4) is 0 Å². The third-order valence-corrected chi connectivity index (χ3v) is 3.24. The van der Waals surface area contributed by atoms with E-state index >= 15 is 0 Å². The highest BCUT2D eigenvalue weighted by molar-refractivity contribution is 5.73. The first-order valence-electron chi connectivity index (χ1n) is 6.60. The van der Waals surface area contributed by atoms with Gasteiger partial charge in [-0.25, -0.2) is 0 Å². The van der Waals surface area contributed by atoms with E-state index in [4.69, 9.17) is 5.73 Å². The molecule has 0 saturated heterocycles. The maximum atomic E-state index is 6.01. The van der Waals surface area contributed by atoms with Crippen molar-refractivity contribution >= 4 is 17.1 Å². The van der Waals surface area contributed by atoms with Gasteiger partial charge in [0.15, 0.2) is 0 Å². The lowest BCUT2D eigenvalue weighted by molar-refractivity contribution is 0.590. The summed E-state index contributed by atoms with van der Waals surface area (Å²) in [5, 5.41) is 3.35. The smallest absolute Gasteiger partial charge is 0.0618 e. The van der Waals surface area contributed by atoms with E-state index in [-0.39, 0.29) is 5.41 Å². The molecule has 0 aliphatic heterocycles. The van der Waals surface area contributed by atoms with E-state index in [1.54, 1.807) is 0 Å². The highest BCUT2D eigenvalue weighted by atomic mass is 14.9. The van der Waals surface area contributed by atoms with Gasteiger partial charge in [-0.05, 0) is 47.7 Å². The fourth-order valence-corrected chi connectivity index (χ4v) is 2.01. The average molecular weight is 254 g/mol. The van der Waals surface area contributed by atoms with Crippen LogP contribution in [0.4, 0.5) is 17.1 Å². The molecule has 100 valence electrons. The van der Waals surface area contributed by atoms with Crippen molar-refractivity contribution in [3.05, 3.63) is 53.6 Å². The van der Waals surface area contributed by atoms with Gasteiger partial charge in [0.1, 0.15) is 0 Å². The Balaban J connectivity index is 2.20. The number of rotatable bonds is 2. The van der Waals surface area contributed by atoms with Crippen LogP contribution in [0.25, 0.3) is 0 Å². The molecule has 19 heavy (non-hydrogen) atoms. The van der Waals surface area contributed by atoms with E-state index in [1.165, 1.54) is 11.1 Å². The molecule has 0 unspecified atom stereocenters. The van der Waals surface area contributed by atoms with Crippen molar-refractivity contribution < 1.29 is 0 Å². The summed E-state index contributed by atoms with van der Waals surface area (Å²) in [7, 11) is 0. The Morgan fingerprint density at radius 2 is 1.58 bits per heavy atom. The molecule has 2 aromatic rings. The van der Waals surface area contributed by atoms with E-state index in [0.29, 0.717) is 0 Å². The Labute approximate surface area is 115 Å². The molecule has 0 aromatic heterocycles. The summed E-state index contributed by atoms with van der Waals surface area (Å²) in [6, 6.07) is 14.6. The van der Waals surface area contributed by atoms with Gasteiger partial charge < -0.3 is 11.1 Å². The second-order valence-corrected chi connectivity index (χ2v) is 6.04. The van der Waals surface area contributed by atoms with Gasteiger partial charge in [0, 0.05) is 5.69 Å². The first-order valence-corrected chi connectivity index (χ1v) is 6.60. The summed E-state index contributed by atoms with van der Waals surface area (Å²) in [6.07, 6.45) is 0. The Bertz CT molecular complexity index is 563. The molecule has 2 nitrogen and oxygen atoms in total. The lowest BCUT2D eigenvalue weighted by Crippen LogP contribution is -2.10. The summed E-state index contributed by atoms with van der Waals surface area (Å²) < 4.78 is 0. The van der Waals surface area contributed by atoms with Gasteiger partial charge in [-0.15, -0.1) is 0 Å². The summed E-state index contributed by atoms with van der Waals surface area (Å²) in [5.41, 5.74) is 11.5. The summed E-state index contributed by atoms with van der Waals surface area (Å²) in [4.78, 5) is 0. The quantitative estimate of drug-likeness (QED) is 0.767. The lowest BCUT2D eigenvalue weighted by atomic mass is 9.87. The van der Waals surface area contributed by atoms with Crippen molar-refractivity contribution in [2.75, 3.05) is 11.1 Å². The Morgan fingerprint density at radius 1 is 0.947 bits per heavy atom. The molecule has 0 bridgehead atoms. The molecule has 0 atom stereocenters. The fraction of sp³-hybridized carbons (Fsp3) is 0.294. The van der Waals surface area contributed by atoms with Crippen LogP contribution in [0.2, 0.25) is 0 Å². The highest BCUT2D eigenvalue weighted by Gasteiger charge is 2.12. The molecule has 0 fully saturated rings. The largest absolute Gasteiger partial charge is 0.397 e. The minimum atomic E-state index is 0.182. The van der Waals surface area contributed by atoms with E-state index in [0.717, 1.165) is 17.1 Å². The second-order valence-electron chi connectivity index (χ2n) is 6.04. The number of nitrogens with one attached hydrogen (secondary N) is 1. The van der Waals surface area contributed by atoms with Crippen LogP contribution in [0.5, 0.6) is 0 Å². The van der Waals surface area contributed by atoms with Crippen molar-refractivity contribution in [1.82, 2.24) is 0 Å². The van der Waals surface area contributed by atoms with Gasteiger partial charge >= 0.3 is 0 Å². The van der Waals surface area contributed by atoms with Crippen molar-refractivity contribution in [2.24, 2.45) is 0 Å². The molecule has 0 radical (unpaired) electrons. The topological polar surface area (TPSA) is 38.0 Å². The molecule has 0 amide bonds. The van der Waals surface area contributed by atoms with Gasteiger partial charge in [-0.2, -0.15) is 0 Å². The maximum absolute atomic E-state index is 6.01. The van der Waals surface area contributed by atoms with Crippen LogP contribution in [0, 0.1) is 6.92 Å². The second kappa shape index (κ2) is 4.96. The molecule has 2 heteroatoms. The van der Waals surface area contributed by atoms with Crippen LogP contribution < -0.4 is 11.1 Å². The Morgan fingerprint density at radius 3 is 2.11 bits per heavy atom. The van der Waals surface area contributed by atoms with E-state index in [2.05, 4.69) is 56.4 Å². The average Bonchev–Trinajstić information content (AvgIpc) is 2.32. The lowest BCUT2D eigenvalue weighted by Gasteiger charge is -2.19. The van der Waals surface area contributed by atoms with E-state index in [1.807, 2.05) is 19.1 Å². The highest BCUT2D eigenvalue weighted by Crippen LogP contribution is 2.27. The van der Waals surface area contributed by atoms with Gasteiger partial charge in [-0.1, -0.05) is 39.0 Å². The maximum Gasteiger partial charge on any atom is 0.0618 e. The number of nitrogen functional groups attached to an aromatic ring is 1. The molecule has 3 N–H and O–H groups in total. The van der Waals surface area contributed by atoms with E-state index < -0.39 is 0 Å². The predicted octanol–water partition coefficient (Wildman–Crippen LogP) is 4.62. The molecule has 2 aromatic carbocycles. The first kappa shape index (κ1) is 13.5. The van der Waals surface area contributed by atoms with Crippen LogP contribution in [-0.4, -0.2) is 0 Å². The molecule has 0 aliphatic rings. The molecular weight excluding hydrogens is 232 g/mol. The van der Waals surface area contributed by atoms with Crippen molar-refractivity contribution in [2.45, 2.75) is 33.1 Å². The van der Waals surface area contributed by atoms with Crippen molar-refractivity contribution in [1.29, 1.82) is 0 Å². The zero-order valence-corrected chi connectivity index (χ0v) is 12.1. The van der Waals surface area contributed by atoms with Crippen LogP contribution in [0.3, 0.4) is 0 Å². The van der Waals surface area contributed by atoms with Crippen molar-refractivity contribution in [3.63, 3.8) is 0 Å². The Kier molecular flexibility index (Phi) is 3.52. The molecule has 2 rings (SSSR count).